The second-order valence-corrected chi connectivity index (χ2v) is 24.1. The Morgan fingerprint density at radius 2 is 1.14 bits per heavy atom. The van der Waals surface area contributed by atoms with Crippen LogP contribution in [0, 0.1) is 6.92 Å². The van der Waals surface area contributed by atoms with Gasteiger partial charge in [0.25, 0.3) is 6.71 Å². The summed E-state index contributed by atoms with van der Waals surface area (Å²) in [5.74, 6) is 0. The van der Waals surface area contributed by atoms with Gasteiger partial charge in [0.2, 0.25) is 0 Å². The van der Waals surface area contributed by atoms with Crippen molar-refractivity contribution in [3.63, 3.8) is 0 Å². The van der Waals surface area contributed by atoms with Crippen LogP contribution in [0.2, 0.25) is 0 Å². The molecular weight excluding hydrogens is 780 g/mol. The van der Waals surface area contributed by atoms with Gasteiger partial charge in [-0.2, -0.15) is 0 Å². The third kappa shape index (κ3) is 5.81. The summed E-state index contributed by atoms with van der Waals surface area (Å²) in [5.41, 5.74) is 22.0. The van der Waals surface area contributed by atoms with Gasteiger partial charge < -0.3 is 9.80 Å². The highest BCUT2D eigenvalue weighted by atomic mass is 32.1. The molecule has 7 aromatic rings. The highest BCUT2D eigenvalue weighted by Gasteiger charge is 2.62. The predicted molar refractivity (Wildman–Crippen MR) is 276 cm³/mol. The van der Waals surface area contributed by atoms with Crippen LogP contribution in [0.3, 0.4) is 0 Å². The molecule has 0 amide bonds. The van der Waals surface area contributed by atoms with Crippen LogP contribution >= 0.6 is 11.3 Å². The van der Waals surface area contributed by atoms with Gasteiger partial charge in [-0.05, 0) is 134 Å². The van der Waals surface area contributed by atoms with E-state index in [4.69, 9.17) is 0 Å². The Kier molecular flexibility index (Phi) is 8.72. The van der Waals surface area contributed by atoms with Gasteiger partial charge in [-0.1, -0.05) is 167 Å². The molecule has 0 spiro atoms. The summed E-state index contributed by atoms with van der Waals surface area (Å²) < 4.78 is 1.37. The van der Waals surface area contributed by atoms with Crippen molar-refractivity contribution in [1.82, 2.24) is 0 Å². The molecular formula is C59H63BN2S. The van der Waals surface area contributed by atoms with Crippen molar-refractivity contribution in [1.29, 1.82) is 0 Å². The predicted octanol–water partition coefficient (Wildman–Crippen LogP) is 14.8. The Morgan fingerprint density at radius 1 is 0.571 bits per heavy atom. The summed E-state index contributed by atoms with van der Waals surface area (Å²) in [6, 6.07) is 45.3. The molecule has 4 aliphatic rings. The zero-order valence-electron chi connectivity index (χ0n) is 39.7. The van der Waals surface area contributed by atoms with Crippen molar-refractivity contribution < 1.29 is 0 Å². The molecule has 1 aromatic heterocycles. The highest BCUT2D eigenvalue weighted by molar-refractivity contribution is 7.26. The van der Waals surface area contributed by atoms with E-state index >= 15 is 0 Å². The van der Waals surface area contributed by atoms with E-state index in [-0.39, 0.29) is 33.9 Å². The minimum atomic E-state index is -0.0583. The van der Waals surface area contributed by atoms with Crippen molar-refractivity contribution >= 4 is 72.3 Å². The molecule has 1 saturated carbocycles. The second-order valence-electron chi connectivity index (χ2n) is 23.0. The van der Waals surface area contributed by atoms with Crippen LogP contribution in [-0.4, -0.2) is 12.3 Å². The summed E-state index contributed by atoms with van der Waals surface area (Å²) in [6.45, 7) is 29.1. The fourth-order valence-corrected chi connectivity index (χ4v) is 13.4. The smallest absolute Gasteiger partial charge is 0.254 e. The van der Waals surface area contributed by atoms with E-state index in [0.717, 1.165) is 0 Å². The molecule has 1 aliphatic carbocycles. The number of rotatable bonds is 3. The van der Waals surface area contributed by atoms with Gasteiger partial charge in [0.05, 0.1) is 16.2 Å². The molecule has 2 unspecified atom stereocenters. The Balaban J connectivity index is 1.33. The molecule has 2 atom stereocenters. The summed E-state index contributed by atoms with van der Waals surface area (Å²) in [5, 5.41) is 2.74. The zero-order valence-corrected chi connectivity index (χ0v) is 40.5. The lowest BCUT2D eigenvalue weighted by Gasteiger charge is -2.52. The SMILES string of the molecule is Cc1cc2c3c(c1)N1c4c(cc(C(C)(C)C)cc4C4(C)CCCCC14C)B3c1c(sc3cc(C(C)(C)C)ccc13)N2c1c(-c2ccccc2)cc(C(C)(C)C)cc1-c1ccccc1. The first-order chi connectivity index (χ1) is 29.8. The molecule has 0 N–H and O–H groups in total. The lowest BCUT2D eigenvalue weighted by molar-refractivity contribution is 0.195. The monoisotopic (exact) mass is 842 g/mol. The fraction of sp³-hybridized carbons (Fsp3) is 0.356. The third-order valence-electron chi connectivity index (χ3n) is 15.9. The van der Waals surface area contributed by atoms with E-state index in [2.05, 4.69) is 208 Å². The summed E-state index contributed by atoms with van der Waals surface area (Å²) in [4.78, 5) is 5.66. The molecule has 63 heavy (non-hydrogen) atoms. The summed E-state index contributed by atoms with van der Waals surface area (Å²) in [6.07, 6.45) is 4.94. The van der Waals surface area contributed by atoms with E-state index in [1.165, 1.54) is 124 Å². The molecule has 4 heterocycles. The van der Waals surface area contributed by atoms with Gasteiger partial charge in [0, 0.05) is 38.3 Å². The molecule has 0 saturated heterocycles. The maximum absolute atomic E-state index is 2.90. The zero-order chi connectivity index (χ0) is 44.2. The van der Waals surface area contributed by atoms with Crippen molar-refractivity contribution in [2.45, 2.75) is 136 Å². The van der Waals surface area contributed by atoms with Crippen LogP contribution in [0.4, 0.5) is 27.8 Å². The van der Waals surface area contributed by atoms with Crippen molar-refractivity contribution in [2.75, 3.05) is 9.80 Å². The van der Waals surface area contributed by atoms with Gasteiger partial charge in [0.1, 0.15) is 0 Å². The summed E-state index contributed by atoms with van der Waals surface area (Å²) in [7, 11) is 0. The highest BCUT2D eigenvalue weighted by Crippen LogP contribution is 2.63. The minimum absolute atomic E-state index is 0.00257. The van der Waals surface area contributed by atoms with Crippen molar-refractivity contribution in [3.05, 3.63) is 143 Å². The number of hydrogen-bond acceptors (Lipinski definition) is 3. The molecule has 6 aromatic carbocycles. The van der Waals surface area contributed by atoms with Gasteiger partial charge in [0.15, 0.2) is 0 Å². The number of aryl methyl sites for hydroxylation is 1. The van der Waals surface area contributed by atoms with Crippen LogP contribution in [0.5, 0.6) is 0 Å². The first kappa shape index (κ1) is 40.7. The quantitative estimate of drug-likeness (QED) is 0.164. The lowest BCUT2D eigenvalue weighted by atomic mass is 9.33. The van der Waals surface area contributed by atoms with Crippen LogP contribution < -0.4 is 26.2 Å². The number of nitrogens with zero attached hydrogens (tertiary/aromatic N) is 2. The Morgan fingerprint density at radius 3 is 1.75 bits per heavy atom. The van der Waals surface area contributed by atoms with Crippen LogP contribution in [0.25, 0.3) is 32.3 Å². The van der Waals surface area contributed by atoms with E-state index in [1.807, 2.05) is 11.3 Å². The van der Waals surface area contributed by atoms with Crippen molar-refractivity contribution in [3.8, 4) is 22.3 Å². The van der Waals surface area contributed by atoms with Gasteiger partial charge in [-0.25, -0.2) is 0 Å². The lowest BCUT2D eigenvalue weighted by Crippen LogP contribution is -2.64. The van der Waals surface area contributed by atoms with Crippen LogP contribution in [0.15, 0.2) is 115 Å². The Labute approximate surface area is 381 Å². The van der Waals surface area contributed by atoms with E-state index < -0.39 is 0 Å². The second kappa shape index (κ2) is 13.5. The number of fused-ring (bicyclic) bond motifs is 9. The number of anilines is 5. The molecule has 0 radical (unpaired) electrons. The van der Waals surface area contributed by atoms with Gasteiger partial charge in [-0.3, -0.25) is 0 Å². The van der Waals surface area contributed by atoms with E-state index in [9.17, 15) is 0 Å². The molecule has 1 fully saturated rings. The number of benzene rings is 6. The average Bonchev–Trinajstić information content (AvgIpc) is 3.71. The molecule has 0 bridgehead atoms. The van der Waals surface area contributed by atoms with Gasteiger partial charge >= 0.3 is 0 Å². The summed E-state index contributed by atoms with van der Waals surface area (Å²) >= 11 is 2.00. The first-order valence-corrected chi connectivity index (χ1v) is 24.4. The van der Waals surface area contributed by atoms with Crippen LogP contribution in [-0.2, 0) is 21.7 Å². The van der Waals surface area contributed by atoms with Crippen LogP contribution in [0.1, 0.15) is 130 Å². The Hall–Kier alpha value is -5.06. The minimum Gasteiger partial charge on any atom is -0.335 e. The maximum Gasteiger partial charge on any atom is 0.254 e. The average molecular weight is 843 g/mol. The topological polar surface area (TPSA) is 6.48 Å². The maximum atomic E-state index is 2.90. The molecule has 2 nitrogen and oxygen atoms in total. The fourth-order valence-electron chi connectivity index (χ4n) is 12.1. The molecule has 3 aliphatic heterocycles. The Bertz CT molecular complexity index is 2950. The largest absolute Gasteiger partial charge is 0.335 e. The van der Waals surface area contributed by atoms with Crippen molar-refractivity contribution in [2.24, 2.45) is 0 Å². The number of hydrogen-bond donors (Lipinski definition) is 0. The number of thiophene rings is 1. The van der Waals surface area contributed by atoms with Gasteiger partial charge in [-0.15, -0.1) is 11.3 Å². The standard InChI is InChI=1S/C59H63BN2S/c1-36-29-47-51-48(30-36)62-53-45(58(11)27-19-20-28-59(58,62)12)33-41(57(8,9)10)34-46(53)60(51)50-42-26-25-39(55(2,3)4)35-49(42)63-54(50)61(47)52-43(37-21-15-13-16-22-37)31-40(56(5,6)7)32-44(52)38-23-17-14-18-24-38/h13-18,21-26,29-35H,19-20,27-28H2,1-12H3. The molecule has 4 heteroatoms. The molecule has 11 rings (SSSR count). The van der Waals surface area contributed by atoms with E-state index in [0.29, 0.717) is 0 Å². The third-order valence-corrected chi connectivity index (χ3v) is 17.0. The first-order valence-electron chi connectivity index (χ1n) is 23.6. The van der Waals surface area contributed by atoms with E-state index in [1.54, 1.807) is 5.56 Å². The normalized spacial score (nSPS) is 20.2. The molecule has 318 valence electrons.